The van der Waals surface area contributed by atoms with Crippen LogP contribution in [0.15, 0.2) is 48.5 Å². The number of nitrogens with one attached hydrogen (secondary N) is 1. The lowest BCUT2D eigenvalue weighted by Gasteiger charge is -2.33. The Balaban J connectivity index is 1.52. The lowest BCUT2D eigenvalue weighted by Crippen LogP contribution is -2.34. The molecule has 0 spiro atoms. The third-order valence-electron chi connectivity index (χ3n) is 5.37. The minimum Gasteiger partial charge on any atom is -0.371 e. The number of hydrogen-bond donors (Lipinski definition) is 1. The largest absolute Gasteiger partial charge is 0.371 e. The summed E-state index contributed by atoms with van der Waals surface area (Å²) in [5.41, 5.74) is 3.43. The number of amides is 1. The third-order valence-corrected chi connectivity index (χ3v) is 5.74. The van der Waals surface area contributed by atoms with Gasteiger partial charge in [-0.05, 0) is 61.4 Å². The van der Waals surface area contributed by atoms with Crippen LogP contribution in [0.4, 0.5) is 5.69 Å². The maximum absolute atomic E-state index is 12.3. The summed E-state index contributed by atoms with van der Waals surface area (Å²) in [6, 6.07) is 16.3. The number of halogens is 1. The van der Waals surface area contributed by atoms with E-state index in [1.54, 1.807) is 0 Å². The topological polar surface area (TPSA) is 32.3 Å². The van der Waals surface area contributed by atoms with Crippen molar-refractivity contribution in [3.63, 3.8) is 0 Å². The Morgan fingerprint density at radius 1 is 1.22 bits per heavy atom. The van der Waals surface area contributed by atoms with E-state index in [1.807, 2.05) is 31.2 Å². The molecule has 0 bridgehead atoms. The molecule has 1 amide bonds. The first kappa shape index (κ1) is 19.8. The Hall–Kier alpha value is -2.00. The molecule has 3 rings (SSSR count). The van der Waals surface area contributed by atoms with Gasteiger partial charge in [-0.25, -0.2) is 0 Å². The number of piperidine rings is 1. The second-order valence-electron chi connectivity index (χ2n) is 7.67. The van der Waals surface area contributed by atoms with Gasteiger partial charge < -0.3 is 10.2 Å². The summed E-state index contributed by atoms with van der Waals surface area (Å²) in [4.78, 5) is 14.8. The summed E-state index contributed by atoms with van der Waals surface area (Å²) in [5, 5.41) is 3.82. The number of carbonyl (C=O) groups is 1. The molecule has 0 saturated carbocycles. The van der Waals surface area contributed by atoms with Crippen LogP contribution in [0.3, 0.4) is 0 Å². The monoisotopic (exact) mass is 384 g/mol. The van der Waals surface area contributed by atoms with Crippen molar-refractivity contribution in [2.75, 3.05) is 18.0 Å². The van der Waals surface area contributed by atoms with Crippen molar-refractivity contribution in [3.05, 3.63) is 64.7 Å². The van der Waals surface area contributed by atoms with Gasteiger partial charge in [-0.3, -0.25) is 4.79 Å². The van der Waals surface area contributed by atoms with Crippen LogP contribution in [0, 0.1) is 5.92 Å². The summed E-state index contributed by atoms with van der Waals surface area (Å²) in [7, 11) is 0. The van der Waals surface area contributed by atoms with Gasteiger partial charge in [0.15, 0.2) is 0 Å². The van der Waals surface area contributed by atoms with Crippen LogP contribution in [0.2, 0.25) is 5.02 Å². The summed E-state index contributed by atoms with van der Waals surface area (Å²) in [6.07, 6.45) is 3.69. The van der Waals surface area contributed by atoms with Gasteiger partial charge in [0.25, 0.3) is 0 Å². The van der Waals surface area contributed by atoms with Gasteiger partial charge in [0.05, 0.1) is 6.04 Å². The molecule has 0 aliphatic carbocycles. The normalized spacial score (nSPS) is 18.2. The molecule has 0 radical (unpaired) electrons. The van der Waals surface area contributed by atoms with Crippen LogP contribution in [0.25, 0.3) is 0 Å². The number of carbonyl (C=O) groups excluding carboxylic acids is 1. The maximum atomic E-state index is 12.3. The molecule has 2 aromatic carbocycles. The molecule has 4 heteroatoms. The van der Waals surface area contributed by atoms with Crippen molar-refractivity contribution in [1.82, 2.24) is 5.32 Å². The predicted molar refractivity (Wildman–Crippen MR) is 113 cm³/mol. The second kappa shape index (κ2) is 9.27. The molecule has 1 N–H and O–H groups in total. The highest BCUT2D eigenvalue weighted by Crippen LogP contribution is 2.24. The van der Waals surface area contributed by atoms with E-state index >= 15 is 0 Å². The van der Waals surface area contributed by atoms with Crippen molar-refractivity contribution in [2.45, 2.75) is 45.6 Å². The van der Waals surface area contributed by atoms with Gasteiger partial charge >= 0.3 is 0 Å². The number of benzene rings is 2. The second-order valence-corrected chi connectivity index (χ2v) is 8.07. The lowest BCUT2D eigenvalue weighted by atomic mass is 9.99. The lowest BCUT2D eigenvalue weighted by molar-refractivity contribution is -0.121. The van der Waals surface area contributed by atoms with E-state index < -0.39 is 0 Å². The van der Waals surface area contributed by atoms with Crippen LogP contribution < -0.4 is 10.2 Å². The Morgan fingerprint density at radius 2 is 1.96 bits per heavy atom. The standard InChI is InChI=1S/C23H29ClN2O/c1-17-6-5-15-26(16-17)21-12-9-19(10-13-21)18(2)25-23(27)14-11-20-7-3-4-8-22(20)24/h3-4,7-10,12-13,17-18H,5-6,11,14-16H2,1-2H3,(H,25,27)/t17-,18+/m1/s1. The van der Waals surface area contributed by atoms with E-state index in [0.29, 0.717) is 12.8 Å². The van der Waals surface area contributed by atoms with Crippen molar-refractivity contribution in [1.29, 1.82) is 0 Å². The SMILES string of the molecule is C[C@@H]1CCCN(c2ccc([C@H](C)NC(=O)CCc3ccccc3Cl)cc2)C1. The van der Waals surface area contributed by atoms with E-state index in [-0.39, 0.29) is 11.9 Å². The highest BCUT2D eigenvalue weighted by molar-refractivity contribution is 6.31. The molecule has 0 aromatic heterocycles. The van der Waals surface area contributed by atoms with Gasteiger partial charge in [0.1, 0.15) is 0 Å². The molecule has 27 heavy (non-hydrogen) atoms. The number of rotatable bonds is 6. The Labute approximate surface area is 167 Å². The fourth-order valence-corrected chi connectivity index (χ4v) is 3.97. The molecule has 144 valence electrons. The third kappa shape index (κ3) is 5.49. The highest BCUT2D eigenvalue weighted by Gasteiger charge is 2.17. The molecule has 1 fully saturated rings. The van der Waals surface area contributed by atoms with Crippen LogP contribution in [0.1, 0.15) is 50.3 Å². The van der Waals surface area contributed by atoms with Gasteiger partial charge in [0.2, 0.25) is 5.91 Å². The molecule has 0 unspecified atom stereocenters. The molecule has 2 aromatic rings. The highest BCUT2D eigenvalue weighted by atomic mass is 35.5. The molecule has 1 aliphatic heterocycles. The fourth-order valence-electron chi connectivity index (χ4n) is 3.74. The van der Waals surface area contributed by atoms with E-state index in [2.05, 4.69) is 41.4 Å². The summed E-state index contributed by atoms with van der Waals surface area (Å²) in [5.74, 6) is 0.811. The minimum atomic E-state index is -0.00178. The predicted octanol–water partition coefficient (Wildman–Crippen LogP) is 5.39. The molecular weight excluding hydrogens is 356 g/mol. The first-order valence-corrected chi connectivity index (χ1v) is 10.3. The van der Waals surface area contributed by atoms with Crippen molar-refractivity contribution in [2.24, 2.45) is 5.92 Å². The zero-order valence-electron chi connectivity index (χ0n) is 16.2. The molecule has 1 aliphatic rings. The van der Waals surface area contributed by atoms with E-state index in [9.17, 15) is 4.79 Å². The molecule has 1 saturated heterocycles. The van der Waals surface area contributed by atoms with Crippen molar-refractivity contribution in [3.8, 4) is 0 Å². The Bertz CT molecular complexity index is 759. The summed E-state index contributed by atoms with van der Waals surface area (Å²) < 4.78 is 0. The maximum Gasteiger partial charge on any atom is 0.220 e. The first-order valence-electron chi connectivity index (χ1n) is 9.90. The first-order chi connectivity index (χ1) is 13.0. The van der Waals surface area contributed by atoms with Gasteiger partial charge in [-0.15, -0.1) is 0 Å². The summed E-state index contributed by atoms with van der Waals surface area (Å²) in [6.45, 7) is 6.62. The van der Waals surface area contributed by atoms with Crippen LogP contribution in [-0.2, 0) is 11.2 Å². The van der Waals surface area contributed by atoms with E-state index in [4.69, 9.17) is 11.6 Å². The minimum absolute atomic E-state index is 0.00178. The molecule has 2 atom stereocenters. The van der Waals surface area contributed by atoms with Crippen molar-refractivity contribution < 1.29 is 4.79 Å². The number of nitrogens with zero attached hydrogens (tertiary/aromatic N) is 1. The fraction of sp³-hybridized carbons (Fsp3) is 0.435. The number of hydrogen-bond acceptors (Lipinski definition) is 2. The zero-order valence-corrected chi connectivity index (χ0v) is 17.0. The average Bonchev–Trinajstić information content (AvgIpc) is 2.67. The Morgan fingerprint density at radius 3 is 2.67 bits per heavy atom. The zero-order chi connectivity index (χ0) is 19.2. The summed E-state index contributed by atoms with van der Waals surface area (Å²) >= 11 is 6.16. The van der Waals surface area contributed by atoms with Crippen LogP contribution in [0.5, 0.6) is 0 Å². The molecular formula is C23H29ClN2O. The van der Waals surface area contributed by atoms with E-state index in [1.165, 1.54) is 18.5 Å². The van der Waals surface area contributed by atoms with Crippen molar-refractivity contribution >= 4 is 23.2 Å². The van der Waals surface area contributed by atoms with Gasteiger partial charge in [-0.1, -0.05) is 48.9 Å². The Kier molecular flexibility index (Phi) is 6.78. The van der Waals surface area contributed by atoms with Gasteiger partial charge in [0, 0.05) is 30.2 Å². The van der Waals surface area contributed by atoms with E-state index in [0.717, 1.165) is 35.2 Å². The molecule has 1 heterocycles. The average molecular weight is 385 g/mol. The van der Waals surface area contributed by atoms with Crippen LogP contribution in [-0.4, -0.2) is 19.0 Å². The smallest absolute Gasteiger partial charge is 0.220 e. The quantitative estimate of drug-likeness (QED) is 0.724. The van der Waals surface area contributed by atoms with Gasteiger partial charge in [-0.2, -0.15) is 0 Å². The number of anilines is 1. The van der Waals surface area contributed by atoms with Crippen LogP contribution >= 0.6 is 11.6 Å². The molecule has 3 nitrogen and oxygen atoms in total. The number of aryl methyl sites for hydroxylation is 1.